The number of fused-ring (bicyclic) bond motifs is 2. The van der Waals surface area contributed by atoms with Crippen LogP contribution in [0.1, 0.15) is 12.5 Å². The molecular weight excluding hydrogens is 624 g/mol. The number of phenolic OH excluding ortho intramolecular Hbond substituents is 1. The van der Waals surface area contributed by atoms with E-state index >= 15 is 0 Å². The standard InChI is InChI=1S/C26H21N3O8S3.2Na/c1-3-37-20-13-18(39(31,32)33)11-16-12-22(40(34,35)36)24(25(30)23(16)20)29-28-17-7-5-15(6-8-17)26-27-19-9-4-14(2)10-21(19)38-26;;/h4-13,30H,3H2,1-2H3,(H,31,32,33)(H,34,35,36);;. The van der Waals surface area contributed by atoms with E-state index in [9.17, 15) is 31.0 Å². The Morgan fingerprint density at radius 3 is 2.21 bits per heavy atom. The fourth-order valence-corrected chi connectivity index (χ4v) is 6.33. The Hall–Kier alpha value is -1.95. The molecule has 0 aliphatic carbocycles. The van der Waals surface area contributed by atoms with E-state index in [1.807, 2.05) is 19.1 Å². The summed E-state index contributed by atoms with van der Waals surface area (Å²) in [4.78, 5) is 3.23. The van der Waals surface area contributed by atoms with Gasteiger partial charge in [-0.15, -0.1) is 16.5 Å². The van der Waals surface area contributed by atoms with Crippen LogP contribution in [0.4, 0.5) is 11.4 Å². The first-order valence-electron chi connectivity index (χ1n) is 11.7. The number of benzene rings is 4. The van der Waals surface area contributed by atoms with Crippen molar-refractivity contribution in [2.75, 3.05) is 6.61 Å². The minimum absolute atomic E-state index is 0. The van der Waals surface area contributed by atoms with Crippen molar-refractivity contribution in [3.8, 4) is 22.1 Å². The van der Waals surface area contributed by atoms with E-state index in [1.165, 1.54) is 11.3 Å². The van der Waals surface area contributed by atoms with Crippen LogP contribution < -0.4 is 4.74 Å². The van der Waals surface area contributed by atoms with E-state index in [1.54, 1.807) is 31.2 Å². The van der Waals surface area contributed by atoms with Gasteiger partial charge in [0.05, 0.1) is 32.8 Å². The Balaban J connectivity index is 0.00000242. The van der Waals surface area contributed by atoms with E-state index < -0.39 is 41.5 Å². The van der Waals surface area contributed by atoms with E-state index in [0.29, 0.717) is 5.69 Å². The van der Waals surface area contributed by atoms with Crippen LogP contribution in [0, 0.1) is 6.92 Å². The van der Waals surface area contributed by atoms with Crippen LogP contribution in [0.25, 0.3) is 31.6 Å². The van der Waals surface area contributed by atoms with Gasteiger partial charge in [-0.25, -0.2) is 4.98 Å². The molecule has 1 heterocycles. The van der Waals surface area contributed by atoms with Gasteiger partial charge < -0.3 is 9.84 Å². The molecule has 0 aliphatic heterocycles. The summed E-state index contributed by atoms with van der Waals surface area (Å²) in [5.41, 5.74) is 2.58. The number of ether oxygens (including phenoxy) is 1. The van der Waals surface area contributed by atoms with Crippen LogP contribution in [-0.2, 0) is 20.2 Å². The van der Waals surface area contributed by atoms with Crippen LogP contribution in [0.2, 0.25) is 0 Å². The molecule has 2 radical (unpaired) electrons. The molecule has 0 spiro atoms. The number of azo groups is 1. The van der Waals surface area contributed by atoms with Crippen LogP contribution in [-0.4, -0.2) is 102 Å². The third-order valence-corrected chi connectivity index (χ3v) is 8.65. The van der Waals surface area contributed by atoms with Crippen LogP contribution in [0.5, 0.6) is 11.5 Å². The van der Waals surface area contributed by atoms with Crippen molar-refractivity contribution < 1.29 is 35.8 Å². The number of aryl methyl sites for hydroxylation is 1. The molecule has 0 saturated carbocycles. The molecule has 0 unspecified atom stereocenters. The van der Waals surface area contributed by atoms with Crippen molar-refractivity contribution in [3.63, 3.8) is 0 Å². The maximum atomic E-state index is 12.2. The molecule has 208 valence electrons. The Bertz CT molecular complexity index is 2050. The van der Waals surface area contributed by atoms with Gasteiger partial charge >= 0.3 is 0 Å². The van der Waals surface area contributed by atoms with Gasteiger partial charge in [-0.05, 0) is 73.3 Å². The number of thiazole rings is 1. The number of phenols is 1. The minimum atomic E-state index is -4.96. The molecule has 0 amide bonds. The summed E-state index contributed by atoms with van der Waals surface area (Å²) < 4.78 is 73.7. The predicted octanol–water partition coefficient (Wildman–Crippen LogP) is 5.68. The molecule has 0 saturated heterocycles. The summed E-state index contributed by atoms with van der Waals surface area (Å²) in [6.45, 7) is 3.67. The topological polar surface area (TPSA) is 176 Å². The summed E-state index contributed by atoms with van der Waals surface area (Å²) in [6, 6.07) is 15.6. The van der Waals surface area contributed by atoms with Crippen molar-refractivity contribution in [2.24, 2.45) is 10.2 Å². The van der Waals surface area contributed by atoms with E-state index in [-0.39, 0.29) is 82.2 Å². The maximum absolute atomic E-state index is 12.2. The molecule has 42 heavy (non-hydrogen) atoms. The molecule has 11 nitrogen and oxygen atoms in total. The molecule has 4 aromatic carbocycles. The Morgan fingerprint density at radius 2 is 1.60 bits per heavy atom. The van der Waals surface area contributed by atoms with Gasteiger partial charge in [-0.3, -0.25) is 9.11 Å². The van der Waals surface area contributed by atoms with Gasteiger partial charge in [-0.2, -0.15) is 21.9 Å². The summed E-state index contributed by atoms with van der Waals surface area (Å²) in [5.74, 6) is -0.876. The second-order valence-corrected chi connectivity index (χ2v) is 12.6. The van der Waals surface area contributed by atoms with E-state index in [4.69, 9.17) is 4.74 Å². The zero-order chi connectivity index (χ0) is 28.8. The molecule has 16 heteroatoms. The fraction of sp³-hybridized carbons (Fsp3) is 0.115. The first-order valence-corrected chi connectivity index (χ1v) is 15.4. The largest absolute Gasteiger partial charge is 0.505 e. The van der Waals surface area contributed by atoms with Crippen LogP contribution >= 0.6 is 11.3 Å². The van der Waals surface area contributed by atoms with Gasteiger partial charge in [0.15, 0.2) is 5.75 Å². The zero-order valence-corrected chi connectivity index (χ0v) is 29.4. The van der Waals surface area contributed by atoms with E-state index in [2.05, 4.69) is 21.3 Å². The third-order valence-electron chi connectivity index (χ3n) is 5.89. The van der Waals surface area contributed by atoms with Gasteiger partial charge in [-0.1, -0.05) is 6.07 Å². The fourth-order valence-electron chi connectivity index (χ4n) is 4.07. The van der Waals surface area contributed by atoms with Crippen molar-refractivity contribution in [1.29, 1.82) is 0 Å². The van der Waals surface area contributed by atoms with Gasteiger partial charge in [0, 0.05) is 70.7 Å². The first-order chi connectivity index (χ1) is 18.8. The van der Waals surface area contributed by atoms with Crippen molar-refractivity contribution in [1.82, 2.24) is 4.98 Å². The summed E-state index contributed by atoms with van der Waals surface area (Å²) in [5, 5.41) is 19.5. The van der Waals surface area contributed by atoms with Crippen molar-refractivity contribution >= 4 is 123 Å². The first kappa shape index (κ1) is 34.5. The average Bonchev–Trinajstić information content (AvgIpc) is 3.30. The van der Waals surface area contributed by atoms with Crippen molar-refractivity contribution in [3.05, 3.63) is 66.2 Å². The maximum Gasteiger partial charge on any atom is 0.296 e. The summed E-state index contributed by atoms with van der Waals surface area (Å²) in [7, 11) is -9.66. The van der Waals surface area contributed by atoms with Crippen LogP contribution in [0.3, 0.4) is 0 Å². The molecule has 0 atom stereocenters. The number of aromatic hydroxyl groups is 1. The molecule has 0 aliphatic rings. The second kappa shape index (κ2) is 13.4. The molecule has 0 fully saturated rings. The number of rotatable bonds is 7. The Labute approximate surface area is 289 Å². The quantitative estimate of drug-likeness (QED) is 0.114. The van der Waals surface area contributed by atoms with Crippen molar-refractivity contribution in [2.45, 2.75) is 23.6 Å². The number of nitrogens with zero attached hydrogens (tertiary/aromatic N) is 3. The van der Waals surface area contributed by atoms with Crippen LogP contribution in [0.15, 0.2) is 80.7 Å². The number of hydrogen-bond acceptors (Lipinski definition) is 10. The Kier molecular flexibility index (Phi) is 11.0. The average molecular weight is 646 g/mol. The normalized spacial score (nSPS) is 11.9. The number of aromatic nitrogens is 1. The molecule has 0 bridgehead atoms. The summed E-state index contributed by atoms with van der Waals surface area (Å²) >= 11 is 1.54. The molecule has 3 N–H and O–H groups in total. The van der Waals surface area contributed by atoms with E-state index in [0.717, 1.165) is 44.6 Å². The predicted molar refractivity (Wildman–Crippen MR) is 162 cm³/mol. The van der Waals surface area contributed by atoms with Gasteiger partial charge in [0.25, 0.3) is 20.2 Å². The smallest absolute Gasteiger partial charge is 0.296 e. The second-order valence-electron chi connectivity index (χ2n) is 8.71. The number of hydrogen-bond donors (Lipinski definition) is 3. The Morgan fingerprint density at radius 1 is 0.905 bits per heavy atom. The van der Waals surface area contributed by atoms with Gasteiger partial charge in [0.1, 0.15) is 21.3 Å². The molecular formula is C26H21N3Na2O8S3. The molecule has 1 aromatic heterocycles. The summed E-state index contributed by atoms with van der Waals surface area (Å²) in [6.07, 6.45) is 0. The monoisotopic (exact) mass is 645 g/mol. The SMILES string of the molecule is CCOc1cc(S(=O)(=O)O)cc2cc(S(=O)(=O)O)c(N=Nc3ccc(-c4nc5ccc(C)cc5s4)cc3)c(O)c12.[Na].[Na]. The zero-order valence-electron chi connectivity index (χ0n) is 22.9. The minimum Gasteiger partial charge on any atom is -0.505 e. The van der Waals surface area contributed by atoms with Gasteiger partial charge in [0.2, 0.25) is 0 Å². The third kappa shape index (κ3) is 7.22. The molecule has 5 rings (SSSR count). The molecule has 5 aromatic rings.